The Morgan fingerprint density at radius 3 is 2.79 bits per heavy atom. The van der Waals surface area contributed by atoms with Crippen LogP contribution in [0.25, 0.3) is 0 Å². The number of nitrogen functional groups attached to an aromatic ring is 1. The molecule has 0 spiro atoms. The van der Waals surface area contributed by atoms with Gasteiger partial charge in [-0.1, -0.05) is 5.92 Å². The van der Waals surface area contributed by atoms with E-state index in [0.717, 1.165) is 11.1 Å². The summed E-state index contributed by atoms with van der Waals surface area (Å²) in [6.07, 6.45) is 0. The third-order valence-corrected chi connectivity index (χ3v) is 1.74. The Hall–Kier alpha value is -1.95. The number of hydrogen-bond donors (Lipinski definition) is 1. The number of nitrogens with two attached hydrogens (primary N) is 1. The lowest BCUT2D eigenvalue weighted by Crippen LogP contribution is -1.95. The average Bonchev–Trinajstić information content (AvgIpc) is 2.16. The molecule has 1 rings (SSSR count). The summed E-state index contributed by atoms with van der Waals surface area (Å²) in [6, 6.07) is 5.33. The molecule has 0 radical (unpaired) electrons. The lowest BCUT2D eigenvalue weighted by Gasteiger charge is -1.98. The minimum Gasteiger partial charge on any atom is -0.459 e. The average molecular weight is 189 g/mol. The van der Waals surface area contributed by atoms with Gasteiger partial charge in [0.2, 0.25) is 0 Å². The van der Waals surface area contributed by atoms with Crippen LogP contribution in [0.2, 0.25) is 0 Å². The monoisotopic (exact) mass is 189 g/mol. The molecule has 0 unspecified atom stereocenters. The van der Waals surface area contributed by atoms with Gasteiger partial charge >= 0.3 is 5.97 Å². The Morgan fingerprint density at radius 1 is 1.50 bits per heavy atom. The van der Waals surface area contributed by atoms with Gasteiger partial charge in [0.15, 0.2) is 0 Å². The summed E-state index contributed by atoms with van der Waals surface area (Å²) in [7, 11) is 1.30. The number of carbonyl (C=O) groups excluding carboxylic acids is 1. The summed E-state index contributed by atoms with van der Waals surface area (Å²) in [6.45, 7) is 1.89. The van der Waals surface area contributed by atoms with Crippen LogP contribution in [0.1, 0.15) is 11.1 Å². The molecule has 3 nitrogen and oxygen atoms in total. The number of esters is 1. The summed E-state index contributed by atoms with van der Waals surface area (Å²) in [5.41, 5.74) is 7.98. The molecule has 0 atom stereocenters. The van der Waals surface area contributed by atoms with Crippen LogP contribution in [0, 0.1) is 18.8 Å². The van der Waals surface area contributed by atoms with Gasteiger partial charge in [0.25, 0.3) is 0 Å². The number of rotatable bonds is 0. The molecule has 0 heterocycles. The van der Waals surface area contributed by atoms with Crippen LogP contribution in [0.5, 0.6) is 0 Å². The minimum atomic E-state index is -0.541. The highest BCUT2D eigenvalue weighted by Gasteiger charge is 1.95. The Labute approximate surface area is 82.9 Å². The zero-order valence-corrected chi connectivity index (χ0v) is 8.13. The SMILES string of the molecule is COC(=O)C#Cc1ccc(N)cc1C. The minimum absolute atomic E-state index is 0.541. The van der Waals surface area contributed by atoms with Gasteiger partial charge in [-0.05, 0) is 30.7 Å². The van der Waals surface area contributed by atoms with Gasteiger partial charge in [-0.15, -0.1) is 0 Å². The fourth-order valence-corrected chi connectivity index (χ4v) is 0.997. The highest BCUT2D eigenvalue weighted by Crippen LogP contribution is 2.10. The van der Waals surface area contributed by atoms with E-state index in [2.05, 4.69) is 16.6 Å². The molecule has 0 aliphatic heterocycles. The Balaban J connectivity index is 2.96. The van der Waals surface area contributed by atoms with Crippen molar-refractivity contribution in [2.24, 2.45) is 0 Å². The van der Waals surface area contributed by atoms with E-state index in [1.807, 2.05) is 6.92 Å². The first kappa shape index (κ1) is 10.1. The summed E-state index contributed by atoms with van der Waals surface area (Å²) in [4.78, 5) is 10.7. The number of anilines is 1. The quantitative estimate of drug-likeness (QED) is 0.378. The highest BCUT2D eigenvalue weighted by molar-refractivity contribution is 5.89. The zero-order valence-electron chi connectivity index (χ0n) is 8.13. The summed E-state index contributed by atoms with van der Waals surface area (Å²) in [5.74, 6) is 4.53. The molecule has 72 valence electrons. The summed E-state index contributed by atoms with van der Waals surface area (Å²) in [5, 5.41) is 0. The van der Waals surface area contributed by atoms with E-state index in [4.69, 9.17) is 5.73 Å². The molecule has 0 amide bonds. The fourth-order valence-electron chi connectivity index (χ4n) is 0.997. The van der Waals surface area contributed by atoms with Crippen LogP contribution >= 0.6 is 0 Å². The van der Waals surface area contributed by atoms with Crippen LogP contribution in [0.4, 0.5) is 5.69 Å². The van der Waals surface area contributed by atoms with Crippen molar-refractivity contribution in [1.82, 2.24) is 0 Å². The van der Waals surface area contributed by atoms with E-state index < -0.39 is 5.97 Å². The fraction of sp³-hybridized carbons (Fsp3) is 0.182. The van der Waals surface area contributed by atoms with Crippen molar-refractivity contribution in [2.75, 3.05) is 12.8 Å². The topological polar surface area (TPSA) is 52.3 Å². The Kier molecular flexibility index (Phi) is 3.14. The van der Waals surface area contributed by atoms with Crippen molar-refractivity contribution < 1.29 is 9.53 Å². The second-order valence-electron chi connectivity index (χ2n) is 2.82. The van der Waals surface area contributed by atoms with Crippen LogP contribution in [0.15, 0.2) is 18.2 Å². The van der Waals surface area contributed by atoms with E-state index in [0.29, 0.717) is 5.69 Å². The molecular weight excluding hydrogens is 178 g/mol. The van der Waals surface area contributed by atoms with E-state index in [-0.39, 0.29) is 0 Å². The summed E-state index contributed by atoms with van der Waals surface area (Å²) < 4.78 is 4.40. The second-order valence-corrected chi connectivity index (χ2v) is 2.82. The molecule has 3 heteroatoms. The Morgan fingerprint density at radius 2 is 2.21 bits per heavy atom. The third-order valence-electron chi connectivity index (χ3n) is 1.74. The smallest absolute Gasteiger partial charge is 0.384 e. The maximum absolute atomic E-state index is 10.7. The van der Waals surface area contributed by atoms with E-state index in [1.165, 1.54) is 7.11 Å². The molecule has 0 fully saturated rings. The molecule has 1 aromatic rings. The highest BCUT2D eigenvalue weighted by atomic mass is 16.5. The Bertz CT molecular complexity index is 413. The first-order chi connectivity index (χ1) is 6.63. The molecule has 0 saturated heterocycles. The van der Waals surface area contributed by atoms with Crippen LogP contribution in [-0.4, -0.2) is 13.1 Å². The molecular formula is C11H11NO2. The molecule has 0 saturated carbocycles. The first-order valence-corrected chi connectivity index (χ1v) is 4.09. The van der Waals surface area contributed by atoms with E-state index in [1.54, 1.807) is 18.2 Å². The zero-order chi connectivity index (χ0) is 10.6. The van der Waals surface area contributed by atoms with Crippen molar-refractivity contribution in [3.63, 3.8) is 0 Å². The predicted octanol–water partition coefficient (Wildman–Crippen LogP) is 1.10. The number of carbonyl (C=O) groups is 1. The number of aryl methyl sites for hydroxylation is 1. The maximum atomic E-state index is 10.7. The summed E-state index contributed by atoms with van der Waals surface area (Å²) >= 11 is 0. The van der Waals surface area contributed by atoms with Crippen LogP contribution in [-0.2, 0) is 9.53 Å². The standard InChI is InChI=1S/C11H11NO2/c1-8-7-10(12)5-3-9(8)4-6-11(13)14-2/h3,5,7H,12H2,1-2H3. The number of benzene rings is 1. The molecule has 0 bridgehead atoms. The molecule has 0 aliphatic carbocycles. The largest absolute Gasteiger partial charge is 0.459 e. The van der Waals surface area contributed by atoms with Gasteiger partial charge in [0.1, 0.15) is 0 Å². The van der Waals surface area contributed by atoms with Gasteiger partial charge in [0, 0.05) is 17.2 Å². The second kappa shape index (κ2) is 4.33. The van der Waals surface area contributed by atoms with Crippen molar-refractivity contribution in [3.8, 4) is 11.8 Å². The maximum Gasteiger partial charge on any atom is 0.384 e. The van der Waals surface area contributed by atoms with Crippen LogP contribution < -0.4 is 5.73 Å². The molecule has 2 N–H and O–H groups in total. The number of ether oxygens (including phenoxy) is 1. The van der Waals surface area contributed by atoms with Crippen molar-refractivity contribution in [1.29, 1.82) is 0 Å². The van der Waals surface area contributed by atoms with Gasteiger partial charge in [-0.25, -0.2) is 4.79 Å². The van der Waals surface area contributed by atoms with Gasteiger partial charge < -0.3 is 10.5 Å². The number of hydrogen-bond acceptors (Lipinski definition) is 3. The van der Waals surface area contributed by atoms with E-state index >= 15 is 0 Å². The molecule has 0 aliphatic rings. The predicted molar refractivity (Wildman–Crippen MR) is 54.5 cm³/mol. The van der Waals surface area contributed by atoms with Crippen molar-refractivity contribution >= 4 is 11.7 Å². The lowest BCUT2D eigenvalue weighted by atomic mass is 10.1. The number of methoxy groups -OCH3 is 1. The van der Waals surface area contributed by atoms with Gasteiger partial charge in [0.05, 0.1) is 7.11 Å². The molecule has 1 aromatic carbocycles. The van der Waals surface area contributed by atoms with Crippen molar-refractivity contribution in [2.45, 2.75) is 6.92 Å². The van der Waals surface area contributed by atoms with Gasteiger partial charge in [-0.3, -0.25) is 0 Å². The third kappa shape index (κ3) is 2.53. The van der Waals surface area contributed by atoms with Crippen molar-refractivity contribution in [3.05, 3.63) is 29.3 Å². The van der Waals surface area contributed by atoms with E-state index in [9.17, 15) is 4.79 Å². The normalized spacial score (nSPS) is 8.71. The van der Waals surface area contributed by atoms with Crippen LogP contribution in [0.3, 0.4) is 0 Å². The van der Waals surface area contributed by atoms with Gasteiger partial charge in [-0.2, -0.15) is 0 Å². The lowest BCUT2D eigenvalue weighted by molar-refractivity contribution is -0.133. The molecule has 14 heavy (non-hydrogen) atoms. The first-order valence-electron chi connectivity index (χ1n) is 4.09. The molecule has 0 aromatic heterocycles.